The Kier molecular flexibility index (Phi) is 7.09. The Morgan fingerprint density at radius 1 is 1.24 bits per heavy atom. The molecule has 25 heavy (non-hydrogen) atoms. The summed E-state index contributed by atoms with van der Waals surface area (Å²) in [4.78, 5) is 33.3. The van der Waals surface area contributed by atoms with Crippen LogP contribution < -0.4 is 0 Å². The third-order valence-corrected chi connectivity index (χ3v) is 4.79. The number of carbonyl (C=O) groups is 2. The second-order valence-corrected chi connectivity index (χ2v) is 7.81. The van der Waals surface area contributed by atoms with E-state index in [4.69, 9.17) is 4.74 Å². The van der Waals surface area contributed by atoms with Gasteiger partial charge in [-0.05, 0) is 18.3 Å². The quantitative estimate of drug-likeness (QED) is 0.520. The molecule has 1 aliphatic rings. The molecule has 1 heterocycles. The first-order valence-electron chi connectivity index (χ1n) is 9.41. The lowest BCUT2D eigenvalue weighted by atomic mass is 9.69. The van der Waals surface area contributed by atoms with Crippen molar-refractivity contribution < 1.29 is 14.3 Å². The van der Waals surface area contributed by atoms with Crippen molar-refractivity contribution in [3.63, 3.8) is 0 Å². The van der Waals surface area contributed by atoms with Gasteiger partial charge < -0.3 is 4.74 Å². The minimum absolute atomic E-state index is 0.0810. The predicted octanol–water partition coefficient (Wildman–Crippen LogP) is 4.22. The van der Waals surface area contributed by atoms with Gasteiger partial charge in [-0.3, -0.25) is 19.6 Å². The van der Waals surface area contributed by atoms with Gasteiger partial charge in [-0.1, -0.05) is 46.5 Å². The van der Waals surface area contributed by atoms with Crippen LogP contribution in [-0.4, -0.2) is 27.8 Å². The molecule has 0 spiro atoms. The highest BCUT2D eigenvalue weighted by Crippen LogP contribution is 2.41. The minimum atomic E-state index is -0.495. The highest BCUT2D eigenvalue weighted by atomic mass is 16.5. The molecule has 1 aromatic heterocycles. The summed E-state index contributed by atoms with van der Waals surface area (Å²) in [7, 11) is 0. The molecule has 0 amide bonds. The minimum Gasteiger partial charge on any atom is -0.461 e. The number of ether oxygens (including phenoxy) is 1. The lowest BCUT2D eigenvalue weighted by molar-refractivity contribution is -0.156. The van der Waals surface area contributed by atoms with Gasteiger partial charge in [-0.25, -0.2) is 0 Å². The number of rotatable bonds is 8. The lowest BCUT2D eigenvalue weighted by Gasteiger charge is -2.38. The van der Waals surface area contributed by atoms with E-state index in [1.807, 2.05) is 13.8 Å². The molecular formula is C20H30N2O3. The number of ketones is 1. The SMILES string of the molecule is CCCCCCCC(=O)OC1CC(C)(C)CC(=O)C1c1cnccn1. The van der Waals surface area contributed by atoms with Crippen LogP contribution in [0.4, 0.5) is 0 Å². The number of Topliss-reactive ketones (excluding diaryl/α,β-unsaturated/α-hetero) is 1. The summed E-state index contributed by atoms with van der Waals surface area (Å²) in [6.45, 7) is 6.26. The Balaban J connectivity index is 2.00. The summed E-state index contributed by atoms with van der Waals surface area (Å²) in [6.07, 6.45) is 11.3. The molecule has 2 rings (SSSR count). The third-order valence-electron chi connectivity index (χ3n) is 4.79. The average Bonchev–Trinajstić information content (AvgIpc) is 2.54. The van der Waals surface area contributed by atoms with Gasteiger partial charge in [-0.15, -0.1) is 0 Å². The Morgan fingerprint density at radius 2 is 2.00 bits per heavy atom. The number of nitrogens with zero attached hydrogens (tertiary/aromatic N) is 2. The topological polar surface area (TPSA) is 69.2 Å². The summed E-state index contributed by atoms with van der Waals surface area (Å²) in [5.74, 6) is -0.621. The molecule has 138 valence electrons. The molecule has 0 N–H and O–H groups in total. The van der Waals surface area contributed by atoms with E-state index in [1.165, 1.54) is 12.8 Å². The van der Waals surface area contributed by atoms with Gasteiger partial charge in [0.15, 0.2) is 0 Å². The largest absolute Gasteiger partial charge is 0.461 e. The zero-order chi connectivity index (χ0) is 18.3. The lowest BCUT2D eigenvalue weighted by Crippen LogP contribution is -2.42. The number of esters is 1. The molecular weight excluding hydrogens is 316 g/mol. The van der Waals surface area contributed by atoms with Crippen molar-refractivity contribution in [3.05, 3.63) is 24.3 Å². The Hall–Kier alpha value is -1.78. The maximum Gasteiger partial charge on any atom is 0.306 e. The first kappa shape index (κ1) is 19.5. The van der Waals surface area contributed by atoms with E-state index in [2.05, 4.69) is 16.9 Å². The number of aromatic nitrogens is 2. The van der Waals surface area contributed by atoms with Gasteiger partial charge in [0.05, 0.1) is 11.6 Å². The van der Waals surface area contributed by atoms with Crippen molar-refractivity contribution in [2.24, 2.45) is 5.41 Å². The molecule has 1 fully saturated rings. The highest BCUT2D eigenvalue weighted by molar-refractivity contribution is 5.87. The van der Waals surface area contributed by atoms with Crippen LogP contribution >= 0.6 is 0 Å². The van der Waals surface area contributed by atoms with Crippen LogP contribution in [0.2, 0.25) is 0 Å². The van der Waals surface area contributed by atoms with Crippen molar-refractivity contribution in [1.82, 2.24) is 9.97 Å². The number of hydrogen-bond acceptors (Lipinski definition) is 5. The fraction of sp³-hybridized carbons (Fsp3) is 0.700. The summed E-state index contributed by atoms with van der Waals surface area (Å²) < 4.78 is 5.74. The molecule has 5 nitrogen and oxygen atoms in total. The zero-order valence-corrected chi connectivity index (χ0v) is 15.7. The molecule has 1 aromatic rings. The van der Waals surface area contributed by atoms with Crippen LogP contribution in [0.3, 0.4) is 0 Å². The van der Waals surface area contributed by atoms with Gasteiger partial charge in [0.25, 0.3) is 0 Å². The second kappa shape index (κ2) is 9.07. The standard InChI is InChI=1S/C20H30N2O3/c1-4-5-6-7-8-9-18(24)25-17-13-20(2,3)12-16(23)19(17)15-14-21-10-11-22-15/h10-11,14,17,19H,4-9,12-13H2,1-3H3. The van der Waals surface area contributed by atoms with E-state index in [0.29, 0.717) is 25.0 Å². The summed E-state index contributed by atoms with van der Waals surface area (Å²) in [5, 5.41) is 0. The summed E-state index contributed by atoms with van der Waals surface area (Å²) in [6, 6.07) is 0. The van der Waals surface area contributed by atoms with Crippen LogP contribution in [0.15, 0.2) is 18.6 Å². The molecule has 1 saturated carbocycles. The molecule has 0 aliphatic heterocycles. The van der Waals surface area contributed by atoms with E-state index in [9.17, 15) is 9.59 Å². The highest BCUT2D eigenvalue weighted by Gasteiger charge is 2.44. The van der Waals surface area contributed by atoms with Gasteiger partial charge in [0.2, 0.25) is 0 Å². The fourth-order valence-corrected chi connectivity index (χ4v) is 3.56. The molecule has 0 bridgehead atoms. The molecule has 0 radical (unpaired) electrons. The maximum atomic E-state index is 12.7. The Bertz CT molecular complexity index is 572. The molecule has 2 atom stereocenters. The second-order valence-electron chi connectivity index (χ2n) is 7.81. The normalized spacial score (nSPS) is 22.6. The van der Waals surface area contributed by atoms with Crippen molar-refractivity contribution in [3.8, 4) is 0 Å². The first-order valence-corrected chi connectivity index (χ1v) is 9.41. The van der Waals surface area contributed by atoms with E-state index >= 15 is 0 Å². The van der Waals surface area contributed by atoms with Crippen molar-refractivity contribution in [1.29, 1.82) is 0 Å². The molecule has 2 unspecified atom stereocenters. The van der Waals surface area contributed by atoms with Crippen LogP contribution in [0, 0.1) is 5.41 Å². The summed E-state index contributed by atoms with van der Waals surface area (Å²) >= 11 is 0. The zero-order valence-electron chi connectivity index (χ0n) is 15.7. The van der Waals surface area contributed by atoms with Crippen molar-refractivity contribution >= 4 is 11.8 Å². The van der Waals surface area contributed by atoms with Crippen LogP contribution in [-0.2, 0) is 14.3 Å². The Morgan fingerprint density at radius 3 is 2.68 bits per heavy atom. The van der Waals surface area contributed by atoms with E-state index in [1.54, 1.807) is 18.6 Å². The van der Waals surface area contributed by atoms with Gasteiger partial charge in [0, 0.05) is 31.4 Å². The molecule has 1 aliphatic carbocycles. The van der Waals surface area contributed by atoms with Crippen LogP contribution in [0.5, 0.6) is 0 Å². The number of hydrogen-bond donors (Lipinski definition) is 0. The number of unbranched alkanes of at least 4 members (excludes halogenated alkanes) is 4. The smallest absolute Gasteiger partial charge is 0.306 e. The fourth-order valence-electron chi connectivity index (χ4n) is 3.56. The first-order chi connectivity index (χ1) is 11.9. The van der Waals surface area contributed by atoms with Gasteiger partial charge in [0.1, 0.15) is 11.9 Å². The van der Waals surface area contributed by atoms with Crippen LogP contribution in [0.1, 0.15) is 83.7 Å². The number of carbonyl (C=O) groups excluding carboxylic acids is 2. The molecule has 0 aromatic carbocycles. The van der Waals surface area contributed by atoms with Crippen molar-refractivity contribution in [2.75, 3.05) is 0 Å². The third kappa shape index (κ3) is 5.91. The van der Waals surface area contributed by atoms with Crippen LogP contribution in [0.25, 0.3) is 0 Å². The van der Waals surface area contributed by atoms with E-state index < -0.39 is 12.0 Å². The molecule has 5 heteroatoms. The molecule has 0 saturated heterocycles. The predicted molar refractivity (Wildman–Crippen MR) is 96.1 cm³/mol. The van der Waals surface area contributed by atoms with Gasteiger partial charge >= 0.3 is 5.97 Å². The van der Waals surface area contributed by atoms with E-state index in [-0.39, 0.29) is 17.2 Å². The Labute approximate surface area is 150 Å². The van der Waals surface area contributed by atoms with Gasteiger partial charge in [-0.2, -0.15) is 0 Å². The van der Waals surface area contributed by atoms with E-state index in [0.717, 1.165) is 19.3 Å². The summed E-state index contributed by atoms with van der Waals surface area (Å²) in [5.41, 5.74) is 0.436. The maximum absolute atomic E-state index is 12.7. The van der Waals surface area contributed by atoms with Crippen molar-refractivity contribution in [2.45, 2.75) is 84.2 Å². The monoisotopic (exact) mass is 346 g/mol. The average molecular weight is 346 g/mol.